The molecule has 7 nitrogen and oxygen atoms in total. The quantitative estimate of drug-likeness (QED) is 0.0438. The van der Waals surface area contributed by atoms with Crippen LogP contribution in [0.3, 0.4) is 0 Å². The Morgan fingerprint density at radius 3 is 1.02 bits per heavy atom. The molecule has 0 aromatic rings. The monoisotopic (exact) mass is 568 g/mol. The number of rotatable bonds is 31. The Morgan fingerprint density at radius 2 is 0.725 bits per heavy atom. The third-order valence-corrected chi connectivity index (χ3v) is 8.06. The SMILES string of the molecule is C/C=C/CCCCCCCCCCCCCCC[N+](CCCCC(=O)O)(CCCCC(=O)O)CCCCC(=O)O. The van der Waals surface area contributed by atoms with E-state index < -0.39 is 17.9 Å². The Balaban J connectivity index is 4.41. The molecule has 0 radical (unpaired) electrons. The molecule has 7 heteroatoms. The van der Waals surface area contributed by atoms with E-state index in [2.05, 4.69) is 19.1 Å². The summed E-state index contributed by atoms with van der Waals surface area (Å²) in [6.07, 6.45) is 27.6. The zero-order chi connectivity index (χ0) is 29.7. The largest absolute Gasteiger partial charge is 0.481 e. The van der Waals surface area contributed by atoms with Crippen molar-refractivity contribution in [2.45, 2.75) is 155 Å². The van der Waals surface area contributed by atoms with E-state index in [0.29, 0.717) is 19.3 Å². The minimum absolute atomic E-state index is 0.175. The van der Waals surface area contributed by atoms with Gasteiger partial charge < -0.3 is 19.8 Å². The summed E-state index contributed by atoms with van der Waals surface area (Å²) >= 11 is 0. The summed E-state index contributed by atoms with van der Waals surface area (Å²) in [5, 5.41) is 27.1. The standard InChI is InChI=1S/C33H61NO6/c1-2-3-4-5-6-7-8-9-10-11-12-13-14-15-16-20-27-34(28-21-17-24-31(35)36,29-22-18-25-32(37)38)30-23-19-26-33(39)40/h2-3H,4-30H2,1H3,(H2-,35,36,37,38,39,40)/p+1/b3-2+. The Labute approximate surface area is 245 Å². The van der Waals surface area contributed by atoms with Gasteiger partial charge in [0.25, 0.3) is 0 Å². The third kappa shape index (κ3) is 26.3. The van der Waals surface area contributed by atoms with Crippen LogP contribution in [0, 0.1) is 0 Å². The normalized spacial score (nSPS) is 11.8. The van der Waals surface area contributed by atoms with E-state index in [1.165, 1.54) is 83.5 Å². The van der Waals surface area contributed by atoms with Gasteiger partial charge in [-0.3, -0.25) is 14.4 Å². The first-order valence-corrected chi connectivity index (χ1v) is 16.4. The van der Waals surface area contributed by atoms with Gasteiger partial charge in [-0.25, -0.2) is 0 Å². The molecule has 0 rings (SSSR count). The Kier molecular flexibility index (Phi) is 26.0. The first-order valence-electron chi connectivity index (χ1n) is 16.4. The number of nitrogens with zero attached hydrogens (tertiary/aromatic N) is 1. The summed E-state index contributed by atoms with van der Waals surface area (Å²) < 4.78 is 0.869. The minimum Gasteiger partial charge on any atom is -0.481 e. The highest BCUT2D eigenvalue weighted by atomic mass is 16.4. The van der Waals surface area contributed by atoms with Gasteiger partial charge in [0.2, 0.25) is 0 Å². The average Bonchev–Trinajstić information content (AvgIpc) is 2.91. The molecule has 0 fully saturated rings. The van der Waals surface area contributed by atoms with Crippen LogP contribution in [0.5, 0.6) is 0 Å². The van der Waals surface area contributed by atoms with E-state index in [1.807, 2.05) is 0 Å². The van der Waals surface area contributed by atoms with Gasteiger partial charge in [-0.15, -0.1) is 0 Å². The van der Waals surface area contributed by atoms with E-state index in [4.69, 9.17) is 15.3 Å². The molecule has 40 heavy (non-hydrogen) atoms. The van der Waals surface area contributed by atoms with Gasteiger partial charge in [0.1, 0.15) is 0 Å². The highest BCUT2D eigenvalue weighted by Crippen LogP contribution is 2.20. The fraction of sp³-hybridized carbons (Fsp3) is 0.848. The van der Waals surface area contributed by atoms with Crippen LogP contribution in [-0.4, -0.2) is 63.9 Å². The van der Waals surface area contributed by atoms with E-state index >= 15 is 0 Å². The maximum Gasteiger partial charge on any atom is 0.303 e. The highest BCUT2D eigenvalue weighted by Gasteiger charge is 2.26. The van der Waals surface area contributed by atoms with Crippen molar-refractivity contribution in [2.24, 2.45) is 0 Å². The number of carbonyl (C=O) groups is 3. The predicted octanol–water partition coefficient (Wildman–Crippen LogP) is 8.61. The van der Waals surface area contributed by atoms with Gasteiger partial charge in [0.05, 0.1) is 26.2 Å². The van der Waals surface area contributed by atoms with Gasteiger partial charge in [-0.2, -0.15) is 0 Å². The number of hydrogen-bond acceptors (Lipinski definition) is 3. The topological polar surface area (TPSA) is 112 Å². The zero-order valence-electron chi connectivity index (χ0n) is 25.8. The summed E-state index contributed by atoms with van der Waals surface area (Å²) in [4.78, 5) is 33.0. The molecular weight excluding hydrogens is 506 g/mol. The minimum atomic E-state index is -0.767. The first-order chi connectivity index (χ1) is 19.3. The molecule has 0 aromatic carbocycles. The number of aliphatic carboxylic acids is 3. The van der Waals surface area contributed by atoms with Crippen LogP contribution in [0.15, 0.2) is 12.2 Å². The maximum atomic E-state index is 11.0. The van der Waals surface area contributed by atoms with Crippen molar-refractivity contribution in [3.8, 4) is 0 Å². The molecule has 0 heterocycles. The Morgan fingerprint density at radius 1 is 0.450 bits per heavy atom. The molecule has 0 amide bonds. The maximum absolute atomic E-state index is 11.0. The lowest BCUT2D eigenvalue weighted by Gasteiger charge is -2.39. The van der Waals surface area contributed by atoms with E-state index in [1.54, 1.807) is 0 Å². The molecule has 0 saturated carbocycles. The molecule has 0 atom stereocenters. The van der Waals surface area contributed by atoms with Gasteiger partial charge in [0, 0.05) is 19.3 Å². The van der Waals surface area contributed by atoms with E-state index in [9.17, 15) is 14.4 Å². The number of unbranched alkanes of at least 4 members (excludes halogenated alkanes) is 16. The second-order valence-corrected chi connectivity index (χ2v) is 11.7. The molecule has 0 aliphatic rings. The number of hydrogen-bond donors (Lipinski definition) is 3. The molecule has 3 N–H and O–H groups in total. The molecule has 0 bridgehead atoms. The van der Waals surface area contributed by atoms with Crippen molar-refractivity contribution < 1.29 is 34.2 Å². The van der Waals surface area contributed by atoms with Crippen molar-refractivity contribution in [3.63, 3.8) is 0 Å². The van der Waals surface area contributed by atoms with Gasteiger partial charge in [0.15, 0.2) is 0 Å². The third-order valence-electron chi connectivity index (χ3n) is 8.06. The highest BCUT2D eigenvalue weighted by molar-refractivity contribution is 5.67. The lowest BCUT2D eigenvalue weighted by Crippen LogP contribution is -2.51. The van der Waals surface area contributed by atoms with Crippen LogP contribution >= 0.6 is 0 Å². The molecule has 0 unspecified atom stereocenters. The second kappa shape index (κ2) is 27.3. The van der Waals surface area contributed by atoms with Crippen LogP contribution in [-0.2, 0) is 14.4 Å². The average molecular weight is 569 g/mol. The molecule has 0 aliphatic carbocycles. The fourth-order valence-electron chi connectivity index (χ4n) is 5.66. The Bertz CT molecular complexity index is 608. The van der Waals surface area contributed by atoms with Crippen LogP contribution in [0.4, 0.5) is 0 Å². The Hall–Kier alpha value is -1.89. The number of allylic oxidation sites excluding steroid dienone is 2. The molecule has 0 aliphatic heterocycles. The summed E-state index contributed by atoms with van der Waals surface area (Å²) in [6.45, 7) is 5.78. The lowest BCUT2D eigenvalue weighted by atomic mass is 10.0. The smallest absolute Gasteiger partial charge is 0.303 e. The van der Waals surface area contributed by atoms with E-state index in [-0.39, 0.29) is 19.3 Å². The second-order valence-electron chi connectivity index (χ2n) is 11.7. The summed E-state index contributed by atoms with van der Waals surface area (Å²) in [7, 11) is 0. The van der Waals surface area contributed by atoms with Crippen LogP contribution in [0.1, 0.15) is 155 Å². The van der Waals surface area contributed by atoms with Crippen molar-refractivity contribution in [1.82, 2.24) is 0 Å². The number of carboxylic acids is 3. The van der Waals surface area contributed by atoms with Crippen molar-refractivity contribution in [2.75, 3.05) is 26.2 Å². The van der Waals surface area contributed by atoms with E-state index in [0.717, 1.165) is 56.3 Å². The molecular formula is C33H62NO6+. The first kappa shape index (κ1) is 38.1. The molecule has 0 saturated heterocycles. The molecule has 0 spiro atoms. The predicted molar refractivity (Wildman–Crippen MR) is 164 cm³/mol. The molecule has 0 aromatic heterocycles. The van der Waals surface area contributed by atoms with Crippen molar-refractivity contribution >= 4 is 17.9 Å². The number of carboxylic acid groups (broad SMARTS) is 3. The van der Waals surface area contributed by atoms with Crippen LogP contribution < -0.4 is 0 Å². The van der Waals surface area contributed by atoms with Crippen LogP contribution in [0.25, 0.3) is 0 Å². The lowest BCUT2D eigenvalue weighted by molar-refractivity contribution is -0.929. The fourth-order valence-corrected chi connectivity index (χ4v) is 5.66. The van der Waals surface area contributed by atoms with Crippen LogP contribution in [0.2, 0.25) is 0 Å². The zero-order valence-corrected chi connectivity index (χ0v) is 25.8. The van der Waals surface area contributed by atoms with Crippen molar-refractivity contribution in [3.05, 3.63) is 12.2 Å². The summed E-state index contributed by atoms with van der Waals surface area (Å²) in [5.41, 5.74) is 0. The molecule has 234 valence electrons. The van der Waals surface area contributed by atoms with Gasteiger partial charge in [-0.05, 0) is 71.1 Å². The summed E-state index contributed by atoms with van der Waals surface area (Å²) in [5.74, 6) is -2.30. The van der Waals surface area contributed by atoms with Gasteiger partial charge in [-0.1, -0.05) is 76.4 Å². The summed E-state index contributed by atoms with van der Waals surface area (Å²) in [6, 6.07) is 0. The van der Waals surface area contributed by atoms with Gasteiger partial charge >= 0.3 is 17.9 Å². The number of quaternary nitrogens is 1. The van der Waals surface area contributed by atoms with Crippen molar-refractivity contribution in [1.29, 1.82) is 0 Å².